The van der Waals surface area contributed by atoms with E-state index in [1.165, 1.54) is 0 Å². The van der Waals surface area contributed by atoms with Crippen LogP contribution in [0.3, 0.4) is 0 Å². The second kappa shape index (κ2) is 18.1. The third-order valence-electron chi connectivity index (χ3n) is 0. The summed E-state index contributed by atoms with van der Waals surface area (Å²) in [5.41, 5.74) is 0. The van der Waals surface area contributed by atoms with E-state index in [-0.39, 0.29) is 123 Å². The molecule has 0 rings (SSSR count). The van der Waals surface area contributed by atoms with Gasteiger partial charge in [-0.25, -0.2) is 0 Å². The van der Waals surface area contributed by atoms with Crippen LogP contribution in [0.2, 0.25) is 0 Å². The number of rotatable bonds is 0. The Hall–Kier alpha value is 4.79. The summed E-state index contributed by atoms with van der Waals surface area (Å²) in [5.74, 6) is 0. The van der Waals surface area contributed by atoms with Gasteiger partial charge in [0.2, 0.25) is 0 Å². The molecule has 0 aliphatic heterocycles. The molecule has 0 aromatic rings. The molecule has 0 amide bonds. The minimum atomic E-state index is -4.33. The van der Waals surface area contributed by atoms with E-state index in [0.717, 1.165) is 0 Å². The van der Waals surface area contributed by atoms with Crippen molar-refractivity contribution in [3.63, 3.8) is 0 Å². The van der Waals surface area contributed by atoms with Crippen molar-refractivity contribution in [2.24, 2.45) is 0 Å². The van der Waals surface area contributed by atoms with Crippen LogP contribution in [0, 0.1) is 0 Å². The molecule has 0 saturated heterocycles. The summed E-state index contributed by atoms with van der Waals surface area (Å²) in [4.78, 5) is 0. The second-order valence-corrected chi connectivity index (χ2v) is 7.35. The van der Waals surface area contributed by atoms with Gasteiger partial charge >= 0.3 is 123 Å². The first kappa shape index (κ1) is 38.4. The Morgan fingerprint density at radius 3 is 0.556 bits per heavy atom. The molecule has 0 atom stereocenters. The minimum Gasteiger partial charge on any atom is -0.780 e. The van der Waals surface area contributed by atoms with Gasteiger partial charge in [-0.15, -0.1) is 27.2 Å². The van der Waals surface area contributed by atoms with Gasteiger partial charge in [-0.05, 0) is 33.6 Å². The van der Waals surface area contributed by atoms with Crippen LogP contribution in [0.15, 0.2) is 0 Å². The molecule has 0 heterocycles. The molecule has 0 bridgehead atoms. The largest absolute Gasteiger partial charge is 4.00 e. The van der Waals surface area contributed by atoms with Crippen LogP contribution >= 0.6 is 0 Å². The molecule has 0 saturated carbocycles. The zero-order chi connectivity index (χ0) is 13.5. The molecule has 0 aliphatic carbocycles. The predicted octanol–water partition coefficient (Wildman–Crippen LogP) is -9.01. The van der Waals surface area contributed by atoms with E-state index in [1.807, 2.05) is 0 Å². The van der Waals surface area contributed by atoms with Crippen LogP contribution in [0.25, 0.3) is 0 Å². The number of hydrogen-bond donors (Lipinski definition) is 0. The Bertz CT molecular complexity index is 350. The van der Waals surface area contributed by atoms with Crippen LogP contribution in [0.1, 0.15) is 0 Å². The van der Waals surface area contributed by atoms with Crippen LogP contribution in [0.5, 0.6) is 0 Å². The minimum absolute atomic E-state index is 0. The summed E-state index contributed by atoms with van der Waals surface area (Å²) in [6, 6.07) is 0. The van der Waals surface area contributed by atoms with E-state index < -0.39 is 27.2 Å². The predicted molar refractivity (Wildman–Crippen MR) is 51.2 cm³/mol. The molecular formula is IrK2O9S6. The van der Waals surface area contributed by atoms with Crippen LogP contribution < -0.4 is 103 Å². The molecule has 0 aromatic carbocycles. The zero-order valence-electron chi connectivity index (χ0n) is 8.46. The number of hydrogen-bond acceptors (Lipinski definition) is 12. The maximum atomic E-state index is 8.89. The Morgan fingerprint density at radius 2 is 0.556 bits per heavy atom. The molecule has 1 radical (unpaired) electrons. The van der Waals surface area contributed by atoms with Gasteiger partial charge < -0.3 is 27.3 Å². The Morgan fingerprint density at radius 1 is 0.556 bits per heavy atom. The first-order chi connectivity index (χ1) is 6.00. The summed E-state index contributed by atoms with van der Waals surface area (Å²) < 4.78 is 80.0. The molecule has 0 N–H and O–H groups in total. The Kier molecular flexibility index (Phi) is 38.7. The van der Waals surface area contributed by atoms with Crippen LogP contribution in [-0.2, 0) is 80.8 Å². The standard InChI is InChI=1S/Ir.2K.3H2O3S2/c;;;3*1-5(2,3)4/h;;;3*(H2,1,2,3,4)/q+4;2*+1;;;/p-6. The van der Waals surface area contributed by atoms with Gasteiger partial charge in [0.1, 0.15) is 0 Å². The summed E-state index contributed by atoms with van der Waals surface area (Å²) in [7, 11) is -13.0. The maximum absolute atomic E-state index is 8.89. The third kappa shape index (κ3) is 355. The third-order valence-corrected chi connectivity index (χ3v) is 0. The Balaban J connectivity index is -0.0000000277. The molecule has 18 heavy (non-hydrogen) atoms. The zero-order valence-corrected chi connectivity index (χ0v) is 22.0. The monoisotopic (exact) mass is 607 g/mol. The van der Waals surface area contributed by atoms with E-state index in [9.17, 15) is 0 Å². The van der Waals surface area contributed by atoms with E-state index in [1.54, 1.807) is 0 Å². The van der Waals surface area contributed by atoms with E-state index in [2.05, 4.69) is 33.6 Å². The van der Waals surface area contributed by atoms with Crippen molar-refractivity contribution in [3.05, 3.63) is 0 Å². The molecular weight excluding hydrogens is 607 g/mol. The molecule has 0 aromatic heterocycles. The van der Waals surface area contributed by atoms with Crippen molar-refractivity contribution in [1.82, 2.24) is 0 Å². The second-order valence-electron chi connectivity index (χ2n) is 1.22. The van der Waals surface area contributed by atoms with Crippen molar-refractivity contribution in [2.75, 3.05) is 0 Å². The fourth-order valence-electron chi connectivity index (χ4n) is 0. The van der Waals surface area contributed by atoms with E-state index >= 15 is 0 Å². The van der Waals surface area contributed by atoms with Gasteiger partial charge in [0.05, 0.1) is 0 Å². The normalized spacial score (nSPS) is 9.67. The summed E-state index contributed by atoms with van der Waals surface area (Å²) in [6.07, 6.45) is 0. The summed E-state index contributed by atoms with van der Waals surface area (Å²) >= 11 is 9.73. The Labute approximate surface area is 218 Å². The average Bonchev–Trinajstić information content (AvgIpc) is 1.41. The van der Waals surface area contributed by atoms with E-state index in [0.29, 0.717) is 0 Å². The van der Waals surface area contributed by atoms with Crippen LogP contribution in [0.4, 0.5) is 0 Å². The van der Waals surface area contributed by atoms with Crippen molar-refractivity contribution in [3.8, 4) is 0 Å². The molecule has 101 valence electrons. The average molecular weight is 607 g/mol. The van der Waals surface area contributed by atoms with E-state index in [4.69, 9.17) is 39.9 Å². The van der Waals surface area contributed by atoms with Crippen molar-refractivity contribution in [2.45, 2.75) is 0 Å². The summed E-state index contributed by atoms with van der Waals surface area (Å²) in [5, 5.41) is 0. The quantitative estimate of drug-likeness (QED) is 0.237. The van der Waals surface area contributed by atoms with Gasteiger partial charge in [0.15, 0.2) is 0 Å². The van der Waals surface area contributed by atoms with Crippen LogP contribution in [-0.4, -0.2) is 39.9 Å². The van der Waals surface area contributed by atoms with Gasteiger partial charge in [-0.2, -0.15) is 0 Å². The molecule has 0 aliphatic rings. The van der Waals surface area contributed by atoms with Crippen molar-refractivity contribution >= 4 is 60.7 Å². The molecule has 18 heteroatoms. The smallest absolute Gasteiger partial charge is 0.780 e. The SMILES string of the molecule is O=S([O-])([O-])=S.O=S([O-])([O-])=S.O=S([O-])([O-])=S.[Ir+4].[K+].[K+]. The molecule has 0 unspecified atom stereocenters. The molecule has 0 spiro atoms. The first-order valence-corrected chi connectivity index (χ1v) is 9.00. The van der Waals surface area contributed by atoms with Gasteiger partial charge in [-0.1, -0.05) is 0 Å². The molecule has 0 fully saturated rings. The molecule has 9 nitrogen and oxygen atoms in total. The first-order valence-electron chi connectivity index (χ1n) is 2.00. The van der Waals surface area contributed by atoms with Gasteiger partial charge in [0, 0.05) is 0 Å². The maximum Gasteiger partial charge on any atom is 4.00 e. The van der Waals surface area contributed by atoms with Gasteiger partial charge in [-0.3, -0.25) is 12.6 Å². The van der Waals surface area contributed by atoms with Gasteiger partial charge in [0.25, 0.3) is 0 Å². The van der Waals surface area contributed by atoms with Crippen molar-refractivity contribution in [1.29, 1.82) is 0 Å². The van der Waals surface area contributed by atoms with Crippen molar-refractivity contribution < 1.29 is 163 Å². The topological polar surface area (TPSA) is 190 Å². The fourth-order valence-corrected chi connectivity index (χ4v) is 0. The fraction of sp³-hybridized carbons (Fsp3) is 0. The summed E-state index contributed by atoms with van der Waals surface area (Å²) in [6.45, 7) is 0.